The molecule has 0 aliphatic heterocycles. The summed E-state index contributed by atoms with van der Waals surface area (Å²) in [5, 5.41) is 6.89. The predicted octanol–water partition coefficient (Wildman–Crippen LogP) is 8.00. The Hall–Kier alpha value is -2.07. The van der Waals surface area contributed by atoms with Crippen LogP contribution in [-0.4, -0.2) is 23.0 Å². The molecule has 2 unspecified atom stereocenters. The van der Waals surface area contributed by atoms with Gasteiger partial charge in [0.15, 0.2) is 0 Å². The van der Waals surface area contributed by atoms with Gasteiger partial charge in [0.05, 0.1) is 6.04 Å². The Morgan fingerprint density at radius 2 is 1.85 bits per heavy atom. The van der Waals surface area contributed by atoms with Gasteiger partial charge in [0, 0.05) is 36.1 Å². The number of benzene rings is 1. The normalized spacial score (nSPS) is 13.8. The first-order chi connectivity index (χ1) is 15.9. The van der Waals surface area contributed by atoms with E-state index in [2.05, 4.69) is 91.8 Å². The van der Waals surface area contributed by atoms with Crippen molar-refractivity contribution < 1.29 is 0 Å². The molecule has 4 heteroatoms. The maximum absolute atomic E-state index is 4.59. The molecule has 33 heavy (non-hydrogen) atoms. The monoisotopic (exact) mass is 467 g/mol. The van der Waals surface area contributed by atoms with Gasteiger partial charge in [-0.25, -0.2) is 4.98 Å². The minimum atomic E-state index is 0.157. The van der Waals surface area contributed by atoms with Crippen LogP contribution in [0.5, 0.6) is 0 Å². The third-order valence-electron chi connectivity index (χ3n) is 6.62. The van der Waals surface area contributed by atoms with Crippen LogP contribution in [0.1, 0.15) is 82.8 Å². The second-order valence-corrected chi connectivity index (χ2v) is 10.4. The molecule has 3 nitrogen and oxygen atoms in total. The fourth-order valence-corrected chi connectivity index (χ4v) is 4.75. The van der Waals surface area contributed by atoms with Crippen LogP contribution in [0.25, 0.3) is 0 Å². The Bertz CT molecular complexity index is 800. The van der Waals surface area contributed by atoms with E-state index in [4.69, 9.17) is 0 Å². The van der Waals surface area contributed by atoms with Gasteiger partial charge in [-0.3, -0.25) is 0 Å². The Labute approximate surface area is 207 Å². The van der Waals surface area contributed by atoms with Crippen molar-refractivity contribution in [1.82, 2.24) is 15.2 Å². The van der Waals surface area contributed by atoms with E-state index < -0.39 is 0 Å². The number of allylic oxidation sites excluding steroid dienone is 2. The van der Waals surface area contributed by atoms with Crippen LogP contribution in [0, 0.1) is 11.8 Å². The van der Waals surface area contributed by atoms with Gasteiger partial charge in [-0.1, -0.05) is 84.0 Å². The van der Waals surface area contributed by atoms with Gasteiger partial charge in [-0.15, -0.1) is 11.3 Å². The molecule has 2 aromatic rings. The Kier molecular flexibility index (Phi) is 12.3. The van der Waals surface area contributed by atoms with E-state index in [9.17, 15) is 0 Å². The smallest absolute Gasteiger partial charge is 0.115 e. The van der Waals surface area contributed by atoms with E-state index in [1.54, 1.807) is 11.3 Å². The summed E-state index contributed by atoms with van der Waals surface area (Å²) in [4.78, 5) is 7.09. The van der Waals surface area contributed by atoms with Gasteiger partial charge in [0.25, 0.3) is 0 Å². The molecule has 0 bridgehead atoms. The number of nitrogens with zero attached hydrogens (tertiary/aromatic N) is 2. The van der Waals surface area contributed by atoms with E-state index in [1.165, 1.54) is 30.5 Å². The highest BCUT2D eigenvalue weighted by Gasteiger charge is 2.19. The lowest BCUT2D eigenvalue weighted by Crippen LogP contribution is -2.29. The van der Waals surface area contributed by atoms with Gasteiger partial charge in [-0.2, -0.15) is 0 Å². The van der Waals surface area contributed by atoms with Crippen molar-refractivity contribution in [2.24, 2.45) is 11.8 Å². The van der Waals surface area contributed by atoms with E-state index in [0.29, 0.717) is 5.92 Å². The average molecular weight is 468 g/mol. The van der Waals surface area contributed by atoms with Gasteiger partial charge in [-0.05, 0) is 49.5 Å². The standard InChI is InChI=1S/C29H45N3S/c1-7-19-32(25(5)14-12-13-23(3)8-2)20-17-24(4)26(6)31-28(29-30-18-21-33-29)22-27-15-10-9-11-16-27/h9-11,15-16,18,21,23-24,28,31H,5-8,12-14,17,19-20,22H2,1-4H3/t23-,24?,28?/m0/s1. The van der Waals surface area contributed by atoms with Crippen molar-refractivity contribution >= 4 is 11.3 Å². The third kappa shape index (κ3) is 9.75. The number of rotatable bonds is 17. The molecule has 1 aromatic carbocycles. The van der Waals surface area contributed by atoms with Crippen molar-refractivity contribution in [3.05, 3.63) is 77.0 Å². The average Bonchev–Trinajstić information content (AvgIpc) is 3.36. The molecule has 0 saturated carbocycles. The van der Waals surface area contributed by atoms with Crippen molar-refractivity contribution in [3.63, 3.8) is 0 Å². The van der Waals surface area contributed by atoms with Crippen molar-refractivity contribution in [3.8, 4) is 0 Å². The Balaban J connectivity index is 1.90. The third-order valence-corrected chi connectivity index (χ3v) is 7.51. The second-order valence-electron chi connectivity index (χ2n) is 9.43. The van der Waals surface area contributed by atoms with E-state index in [0.717, 1.165) is 55.4 Å². The molecule has 0 aliphatic carbocycles. The van der Waals surface area contributed by atoms with Gasteiger partial charge < -0.3 is 10.2 Å². The SMILES string of the molecule is C=C(NC(Cc1ccccc1)c1nccs1)C(C)CCN(CCC)C(=C)CCC[C@@H](C)CC. The first kappa shape index (κ1) is 27.2. The molecule has 0 radical (unpaired) electrons. The van der Waals surface area contributed by atoms with Crippen LogP contribution in [0.4, 0.5) is 0 Å². The minimum absolute atomic E-state index is 0.157. The minimum Gasteiger partial charge on any atom is -0.379 e. The molecule has 0 amide bonds. The molecule has 1 aromatic heterocycles. The second kappa shape index (κ2) is 15.0. The molecule has 3 atom stereocenters. The fraction of sp³-hybridized carbons (Fsp3) is 0.552. The van der Waals surface area contributed by atoms with Crippen LogP contribution in [0.2, 0.25) is 0 Å². The van der Waals surface area contributed by atoms with Gasteiger partial charge >= 0.3 is 0 Å². The summed E-state index contributed by atoms with van der Waals surface area (Å²) >= 11 is 1.71. The fourth-order valence-electron chi connectivity index (χ4n) is 4.06. The number of hydrogen-bond donors (Lipinski definition) is 1. The molecule has 182 valence electrons. The van der Waals surface area contributed by atoms with Crippen LogP contribution < -0.4 is 5.32 Å². The van der Waals surface area contributed by atoms with Crippen LogP contribution in [-0.2, 0) is 6.42 Å². The highest BCUT2D eigenvalue weighted by atomic mass is 32.1. The Morgan fingerprint density at radius 3 is 2.48 bits per heavy atom. The summed E-state index contributed by atoms with van der Waals surface area (Å²) in [6.45, 7) is 20.1. The lowest BCUT2D eigenvalue weighted by atomic mass is 10.00. The molecular weight excluding hydrogens is 422 g/mol. The first-order valence-electron chi connectivity index (χ1n) is 12.8. The summed E-state index contributed by atoms with van der Waals surface area (Å²) in [6, 6.07) is 10.8. The highest BCUT2D eigenvalue weighted by Crippen LogP contribution is 2.25. The summed E-state index contributed by atoms with van der Waals surface area (Å²) < 4.78 is 0. The maximum Gasteiger partial charge on any atom is 0.115 e. The zero-order valence-corrected chi connectivity index (χ0v) is 22.2. The van der Waals surface area contributed by atoms with Gasteiger partial charge in [0.2, 0.25) is 0 Å². The highest BCUT2D eigenvalue weighted by molar-refractivity contribution is 7.09. The number of nitrogens with one attached hydrogen (secondary N) is 1. The molecule has 0 spiro atoms. The molecule has 2 rings (SSSR count). The first-order valence-corrected chi connectivity index (χ1v) is 13.6. The summed E-state index contributed by atoms with van der Waals surface area (Å²) in [6.07, 6.45) is 9.95. The molecular formula is C29H45N3S. The predicted molar refractivity (Wildman–Crippen MR) is 145 cm³/mol. The molecule has 0 saturated heterocycles. The quantitative estimate of drug-likeness (QED) is 0.255. The van der Waals surface area contributed by atoms with E-state index in [1.807, 2.05) is 6.20 Å². The number of hydrogen-bond acceptors (Lipinski definition) is 4. The topological polar surface area (TPSA) is 28.2 Å². The van der Waals surface area contributed by atoms with Crippen molar-refractivity contribution in [1.29, 1.82) is 0 Å². The van der Waals surface area contributed by atoms with Crippen molar-refractivity contribution in [2.45, 2.75) is 78.7 Å². The molecule has 1 N–H and O–H groups in total. The van der Waals surface area contributed by atoms with Crippen LogP contribution >= 0.6 is 11.3 Å². The number of aromatic nitrogens is 1. The van der Waals surface area contributed by atoms with E-state index in [-0.39, 0.29) is 6.04 Å². The number of thiazole rings is 1. The van der Waals surface area contributed by atoms with Crippen LogP contribution in [0.15, 0.2) is 66.5 Å². The molecule has 0 aliphatic rings. The molecule has 1 heterocycles. The molecule has 0 fully saturated rings. The van der Waals surface area contributed by atoms with E-state index >= 15 is 0 Å². The summed E-state index contributed by atoms with van der Waals surface area (Å²) in [5.41, 5.74) is 3.72. The van der Waals surface area contributed by atoms with Crippen molar-refractivity contribution in [2.75, 3.05) is 13.1 Å². The maximum atomic E-state index is 4.59. The Morgan fingerprint density at radius 1 is 1.09 bits per heavy atom. The lowest BCUT2D eigenvalue weighted by Gasteiger charge is -2.29. The zero-order chi connectivity index (χ0) is 24.1. The van der Waals surface area contributed by atoms with Gasteiger partial charge in [0.1, 0.15) is 5.01 Å². The summed E-state index contributed by atoms with van der Waals surface area (Å²) in [5.74, 6) is 1.20. The largest absolute Gasteiger partial charge is 0.379 e. The van der Waals surface area contributed by atoms with Crippen LogP contribution in [0.3, 0.4) is 0 Å². The summed E-state index contributed by atoms with van der Waals surface area (Å²) in [7, 11) is 0. The zero-order valence-electron chi connectivity index (χ0n) is 21.4. The lowest BCUT2D eigenvalue weighted by molar-refractivity contribution is 0.306.